The lowest BCUT2D eigenvalue weighted by atomic mass is 10.1. The number of hydroxylamine groups is 1. The lowest BCUT2D eigenvalue weighted by molar-refractivity contribution is 0.0954. The summed E-state index contributed by atoms with van der Waals surface area (Å²) in [6.07, 6.45) is 7.04. The van der Waals surface area contributed by atoms with E-state index in [4.69, 9.17) is 14.3 Å². The van der Waals surface area contributed by atoms with Crippen LogP contribution in [-0.2, 0) is 4.84 Å². The van der Waals surface area contributed by atoms with Crippen molar-refractivity contribution in [1.29, 1.82) is 0 Å². The molecule has 5 heteroatoms. The normalized spacial score (nSPS) is 24.8. The van der Waals surface area contributed by atoms with Gasteiger partial charge in [-0.2, -0.15) is 0 Å². The molecule has 2 aliphatic rings. The smallest absolute Gasteiger partial charge is 0.163 e. The van der Waals surface area contributed by atoms with Crippen LogP contribution in [0.15, 0.2) is 30.0 Å². The summed E-state index contributed by atoms with van der Waals surface area (Å²) >= 11 is 0. The second-order valence-corrected chi connectivity index (χ2v) is 6.18. The zero-order valence-electron chi connectivity index (χ0n) is 13.4. The Morgan fingerprint density at radius 2 is 2.05 bits per heavy atom. The lowest BCUT2D eigenvalue weighted by Crippen LogP contribution is -2.43. The SMILES string of the molecule is COc1ccc(NC2(C)C=C(C)ON2)cc1OC1CCCC1. The molecule has 0 bridgehead atoms. The van der Waals surface area contributed by atoms with Crippen molar-refractivity contribution in [3.63, 3.8) is 0 Å². The molecule has 120 valence electrons. The molecule has 1 aliphatic carbocycles. The van der Waals surface area contributed by atoms with E-state index in [1.165, 1.54) is 12.8 Å². The first kappa shape index (κ1) is 15.0. The molecule has 1 aromatic rings. The molecule has 1 aromatic carbocycles. The number of hydrogen-bond donors (Lipinski definition) is 2. The minimum absolute atomic E-state index is 0.301. The molecule has 1 heterocycles. The molecule has 0 aromatic heterocycles. The van der Waals surface area contributed by atoms with Crippen molar-refractivity contribution in [1.82, 2.24) is 5.48 Å². The Labute approximate surface area is 131 Å². The molecular weight excluding hydrogens is 280 g/mol. The number of anilines is 1. The molecule has 0 amide bonds. The van der Waals surface area contributed by atoms with Crippen molar-refractivity contribution in [3.8, 4) is 11.5 Å². The van der Waals surface area contributed by atoms with E-state index in [9.17, 15) is 0 Å². The Bertz CT molecular complexity index is 567. The Hall–Kier alpha value is -1.88. The van der Waals surface area contributed by atoms with Crippen molar-refractivity contribution in [2.45, 2.75) is 51.3 Å². The Kier molecular flexibility index (Phi) is 4.16. The molecule has 5 nitrogen and oxygen atoms in total. The first-order valence-electron chi connectivity index (χ1n) is 7.84. The summed E-state index contributed by atoms with van der Waals surface area (Å²) in [6, 6.07) is 5.91. The van der Waals surface area contributed by atoms with Crippen LogP contribution in [0.25, 0.3) is 0 Å². The van der Waals surface area contributed by atoms with Crippen molar-refractivity contribution >= 4 is 5.69 Å². The van der Waals surface area contributed by atoms with E-state index in [1.54, 1.807) is 7.11 Å². The molecule has 1 atom stereocenters. The van der Waals surface area contributed by atoms with Gasteiger partial charge in [0.1, 0.15) is 11.4 Å². The van der Waals surface area contributed by atoms with Crippen molar-refractivity contribution in [2.75, 3.05) is 12.4 Å². The number of rotatable bonds is 5. The van der Waals surface area contributed by atoms with Gasteiger partial charge in [-0.25, -0.2) is 0 Å². The van der Waals surface area contributed by atoms with Crippen LogP contribution in [-0.4, -0.2) is 18.9 Å². The maximum absolute atomic E-state index is 6.12. The second kappa shape index (κ2) is 6.08. The molecular formula is C17H24N2O3. The van der Waals surface area contributed by atoms with Gasteiger partial charge in [-0.15, -0.1) is 5.48 Å². The highest BCUT2D eigenvalue weighted by Crippen LogP contribution is 2.35. The highest BCUT2D eigenvalue weighted by molar-refractivity contribution is 5.56. The number of ether oxygens (including phenoxy) is 2. The van der Waals surface area contributed by atoms with Gasteiger partial charge in [0.25, 0.3) is 0 Å². The maximum Gasteiger partial charge on any atom is 0.163 e. The number of allylic oxidation sites excluding steroid dienone is 1. The van der Waals surface area contributed by atoms with Gasteiger partial charge in [0.15, 0.2) is 11.5 Å². The van der Waals surface area contributed by atoms with E-state index in [-0.39, 0.29) is 0 Å². The van der Waals surface area contributed by atoms with Crippen molar-refractivity contribution in [3.05, 3.63) is 30.0 Å². The van der Waals surface area contributed by atoms with Crippen molar-refractivity contribution in [2.24, 2.45) is 0 Å². The van der Waals surface area contributed by atoms with E-state index < -0.39 is 5.66 Å². The quantitative estimate of drug-likeness (QED) is 0.871. The third kappa shape index (κ3) is 3.30. The number of nitrogens with one attached hydrogen (secondary N) is 2. The van der Waals surface area contributed by atoms with Gasteiger partial charge in [-0.05, 0) is 57.7 Å². The first-order chi connectivity index (χ1) is 10.6. The summed E-state index contributed by atoms with van der Waals surface area (Å²) < 4.78 is 11.5. The minimum Gasteiger partial charge on any atom is -0.493 e. The van der Waals surface area contributed by atoms with Crippen LogP contribution >= 0.6 is 0 Å². The summed E-state index contributed by atoms with van der Waals surface area (Å²) in [5, 5.41) is 3.42. The highest BCUT2D eigenvalue weighted by atomic mass is 16.7. The van der Waals surface area contributed by atoms with E-state index in [1.807, 2.05) is 38.1 Å². The largest absolute Gasteiger partial charge is 0.493 e. The zero-order chi connectivity index (χ0) is 15.6. The van der Waals surface area contributed by atoms with E-state index >= 15 is 0 Å². The molecule has 2 N–H and O–H groups in total. The van der Waals surface area contributed by atoms with Crippen LogP contribution in [0, 0.1) is 0 Å². The third-order valence-electron chi connectivity index (χ3n) is 4.08. The summed E-state index contributed by atoms with van der Waals surface area (Å²) in [4.78, 5) is 5.32. The van der Waals surface area contributed by atoms with Gasteiger partial charge in [-0.1, -0.05) is 0 Å². The van der Waals surface area contributed by atoms with Gasteiger partial charge < -0.3 is 19.6 Å². The van der Waals surface area contributed by atoms with Gasteiger partial charge in [-0.3, -0.25) is 0 Å². The van der Waals surface area contributed by atoms with Crippen LogP contribution in [0.1, 0.15) is 39.5 Å². The highest BCUT2D eigenvalue weighted by Gasteiger charge is 2.28. The van der Waals surface area contributed by atoms with Crippen LogP contribution in [0.3, 0.4) is 0 Å². The van der Waals surface area contributed by atoms with Crippen LogP contribution < -0.4 is 20.3 Å². The van der Waals surface area contributed by atoms with Gasteiger partial charge >= 0.3 is 0 Å². The second-order valence-electron chi connectivity index (χ2n) is 6.18. The predicted octanol–water partition coefficient (Wildman–Crippen LogP) is 3.58. The van der Waals surface area contributed by atoms with Crippen molar-refractivity contribution < 1.29 is 14.3 Å². The minimum atomic E-state index is -0.427. The standard InChI is InChI=1S/C17H24N2O3/c1-12-11-17(2,19-22-12)18-13-8-9-15(20-3)16(10-13)21-14-6-4-5-7-14/h8-11,14,18-19H,4-7H2,1-3H3. The summed E-state index contributed by atoms with van der Waals surface area (Å²) in [5.74, 6) is 2.42. The molecule has 22 heavy (non-hydrogen) atoms. The van der Waals surface area contributed by atoms with E-state index in [2.05, 4.69) is 10.8 Å². The van der Waals surface area contributed by atoms with Crippen LogP contribution in [0.2, 0.25) is 0 Å². The summed E-state index contributed by atoms with van der Waals surface area (Å²) in [7, 11) is 1.67. The van der Waals surface area contributed by atoms with Gasteiger partial charge in [0, 0.05) is 11.8 Å². The van der Waals surface area contributed by atoms with Gasteiger partial charge in [0.2, 0.25) is 0 Å². The first-order valence-corrected chi connectivity index (χ1v) is 7.84. The number of methoxy groups -OCH3 is 1. The molecule has 0 spiro atoms. The molecule has 1 aliphatic heterocycles. The topological polar surface area (TPSA) is 51.8 Å². The molecule has 0 saturated heterocycles. The Morgan fingerprint density at radius 3 is 2.68 bits per heavy atom. The molecule has 0 radical (unpaired) electrons. The zero-order valence-corrected chi connectivity index (χ0v) is 13.4. The van der Waals surface area contributed by atoms with E-state index in [0.717, 1.165) is 35.8 Å². The van der Waals surface area contributed by atoms with Gasteiger partial charge in [0.05, 0.1) is 13.2 Å². The monoisotopic (exact) mass is 304 g/mol. The molecule has 3 rings (SSSR count). The summed E-state index contributed by atoms with van der Waals surface area (Å²) in [5.41, 5.74) is 3.51. The van der Waals surface area contributed by atoms with E-state index in [0.29, 0.717) is 6.10 Å². The van der Waals surface area contributed by atoms with Crippen LogP contribution in [0.5, 0.6) is 11.5 Å². The van der Waals surface area contributed by atoms with Crippen LogP contribution in [0.4, 0.5) is 5.69 Å². The Morgan fingerprint density at radius 1 is 1.27 bits per heavy atom. The molecule has 1 unspecified atom stereocenters. The number of hydrogen-bond acceptors (Lipinski definition) is 5. The molecule has 1 saturated carbocycles. The predicted molar refractivity (Wildman–Crippen MR) is 85.9 cm³/mol. The molecule has 1 fully saturated rings. The third-order valence-corrected chi connectivity index (χ3v) is 4.08. The summed E-state index contributed by atoms with van der Waals surface area (Å²) in [6.45, 7) is 3.94. The fourth-order valence-electron chi connectivity index (χ4n) is 3.05. The maximum atomic E-state index is 6.12. The number of benzene rings is 1. The average Bonchev–Trinajstić information content (AvgIpc) is 3.09. The Balaban J connectivity index is 1.77. The fraction of sp³-hybridized carbons (Fsp3) is 0.529. The lowest BCUT2D eigenvalue weighted by Gasteiger charge is -2.25. The fourth-order valence-corrected chi connectivity index (χ4v) is 3.05. The average molecular weight is 304 g/mol.